The number of amidine groups is 1. The van der Waals surface area contributed by atoms with Crippen LogP contribution in [-0.4, -0.2) is 62.6 Å². The van der Waals surface area contributed by atoms with Crippen molar-refractivity contribution in [1.29, 1.82) is 5.41 Å². The summed E-state index contributed by atoms with van der Waals surface area (Å²) in [5.74, 6) is -4.32. The maximum atomic E-state index is 13.8. The van der Waals surface area contributed by atoms with Crippen LogP contribution in [0.1, 0.15) is 48.9 Å². The van der Waals surface area contributed by atoms with E-state index in [4.69, 9.17) is 25.8 Å². The number of carboxylic acid groups (broad SMARTS) is 1. The van der Waals surface area contributed by atoms with Gasteiger partial charge in [0, 0.05) is 30.5 Å². The number of sulfonamides is 1. The molecule has 1 aliphatic heterocycles. The monoisotopic (exact) mass is 669 g/mol. The van der Waals surface area contributed by atoms with Gasteiger partial charge in [-0.05, 0) is 61.7 Å². The molecule has 19 heteroatoms. The Morgan fingerprint density at radius 1 is 1.02 bits per heavy atom. The number of nitrogen functional groups attached to an aromatic ring is 1. The van der Waals surface area contributed by atoms with Crippen LogP contribution in [0.5, 0.6) is 0 Å². The van der Waals surface area contributed by atoms with E-state index in [1.54, 1.807) is 0 Å². The molecule has 0 spiro atoms. The number of hydrogen-bond donors (Lipinski definition) is 6. The van der Waals surface area contributed by atoms with E-state index in [9.17, 15) is 44.3 Å². The number of benzene rings is 2. The van der Waals surface area contributed by atoms with Gasteiger partial charge in [-0.2, -0.15) is 26.3 Å². The lowest BCUT2D eigenvalue weighted by Gasteiger charge is -2.24. The molecule has 12 nitrogen and oxygen atoms in total. The normalized spacial score (nSPS) is 14.8. The topological polar surface area (TPSA) is 201 Å². The highest BCUT2D eigenvalue weighted by Gasteiger charge is 2.39. The fourth-order valence-electron chi connectivity index (χ4n) is 3.83. The zero-order valence-electron chi connectivity index (χ0n) is 23.4. The average molecular weight is 670 g/mol. The third kappa shape index (κ3) is 11.7. The van der Waals surface area contributed by atoms with Crippen LogP contribution in [0.4, 0.5) is 32.0 Å². The van der Waals surface area contributed by atoms with Crippen LogP contribution >= 0.6 is 0 Å². The number of ether oxygens (including phenoxy) is 1. The Morgan fingerprint density at radius 2 is 1.58 bits per heavy atom. The van der Waals surface area contributed by atoms with Crippen LogP contribution in [0.15, 0.2) is 47.4 Å². The van der Waals surface area contributed by atoms with Gasteiger partial charge in [-0.3, -0.25) is 15.0 Å². The van der Waals surface area contributed by atoms with Gasteiger partial charge in [0.2, 0.25) is 21.8 Å². The summed E-state index contributed by atoms with van der Waals surface area (Å²) >= 11 is 0. The van der Waals surface area contributed by atoms with E-state index in [0.717, 1.165) is 6.07 Å². The molecule has 3 rings (SSSR count). The summed E-state index contributed by atoms with van der Waals surface area (Å²) in [6.45, 7) is 2.03. The maximum Gasteiger partial charge on any atom is 0.490 e. The zero-order chi connectivity index (χ0) is 34.2. The highest BCUT2D eigenvalue weighted by Crippen LogP contribution is 2.36. The summed E-state index contributed by atoms with van der Waals surface area (Å²) in [5.41, 5.74) is 4.83. The predicted octanol–water partition coefficient (Wildman–Crippen LogP) is 3.29. The number of rotatable bonds is 9. The molecule has 0 saturated carbocycles. The van der Waals surface area contributed by atoms with Crippen molar-refractivity contribution in [3.63, 3.8) is 0 Å². The second kappa shape index (κ2) is 15.2. The van der Waals surface area contributed by atoms with Crippen molar-refractivity contribution >= 4 is 39.3 Å². The predicted molar refractivity (Wildman–Crippen MR) is 147 cm³/mol. The highest BCUT2D eigenvalue weighted by molar-refractivity contribution is 7.89. The van der Waals surface area contributed by atoms with Crippen molar-refractivity contribution in [3.8, 4) is 0 Å². The van der Waals surface area contributed by atoms with Crippen molar-refractivity contribution in [2.75, 3.05) is 18.5 Å². The Bertz CT molecular complexity index is 1490. The molecule has 1 fully saturated rings. The summed E-state index contributed by atoms with van der Waals surface area (Å²) in [4.78, 5) is 32.5. The maximum absolute atomic E-state index is 13.8. The molecule has 1 heterocycles. The number of nitrogens with one attached hydrogen (secondary N) is 4. The number of carbonyl (C=O) groups is 3. The summed E-state index contributed by atoms with van der Waals surface area (Å²) in [6, 6.07) is 7.27. The molecular formula is C26H29F6N5O7S. The third-order valence-electron chi connectivity index (χ3n) is 6.06. The van der Waals surface area contributed by atoms with E-state index in [2.05, 4.69) is 15.4 Å². The zero-order valence-corrected chi connectivity index (χ0v) is 24.2. The van der Waals surface area contributed by atoms with Crippen molar-refractivity contribution in [3.05, 3.63) is 59.2 Å². The Balaban J connectivity index is 0.000000900. The molecule has 45 heavy (non-hydrogen) atoms. The van der Waals surface area contributed by atoms with Gasteiger partial charge in [-0.15, -0.1) is 0 Å². The van der Waals surface area contributed by atoms with Crippen LogP contribution in [0, 0.1) is 5.41 Å². The smallest absolute Gasteiger partial charge is 0.475 e. The van der Waals surface area contributed by atoms with E-state index >= 15 is 0 Å². The van der Waals surface area contributed by atoms with E-state index in [1.807, 2.05) is 0 Å². The first-order chi connectivity index (χ1) is 20.7. The first kappa shape index (κ1) is 37.0. The number of alkyl halides is 6. The first-order valence-electron chi connectivity index (χ1n) is 12.9. The molecule has 2 aromatic rings. The van der Waals surface area contributed by atoms with Gasteiger partial charge >= 0.3 is 18.3 Å². The Kier molecular flexibility index (Phi) is 12.5. The molecule has 1 unspecified atom stereocenters. The average Bonchev–Trinajstić information content (AvgIpc) is 2.92. The van der Waals surface area contributed by atoms with Gasteiger partial charge < -0.3 is 26.2 Å². The number of amides is 2. The van der Waals surface area contributed by atoms with E-state index in [0.29, 0.717) is 43.4 Å². The molecular weight excluding hydrogens is 640 g/mol. The lowest BCUT2D eigenvalue weighted by Crippen LogP contribution is -2.39. The minimum Gasteiger partial charge on any atom is -0.475 e. The molecule has 1 saturated heterocycles. The van der Waals surface area contributed by atoms with Crippen molar-refractivity contribution in [1.82, 2.24) is 10.0 Å². The first-order valence-corrected chi connectivity index (χ1v) is 14.3. The second-order valence-electron chi connectivity index (χ2n) is 9.57. The molecule has 0 bridgehead atoms. The standard InChI is InChI=1S/C24H28F3N5O5S.C2HF3O2/c1-14(30-21(33)13-22(34)31-17-5-2-15(3-6-17)23(28)29)16-4-7-20(19(12-16)24(25,26)27)38(35,36)32-18-8-10-37-11-9-18;3-2(4,5)1(6)7/h2-7,12,14,18,32H,8-11,13H2,1H3,(H3,28,29)(H,30,33)(H,31,34);(H,6,7). The van der Waals surface area contributed by atoms with Crippen LogP contribution < -0.4 is 21.1 Å². The second-order valence-corrected chi connectivity index (χ2v) is 11.3. The lowest BCUT2D eigenvalue weighted by atomic mass is 10.0. The van der Waals surface area contributed by atoms with Crippen molar-refractivity contribution in [2.24, 2.45) is 5.73 Å². The molecule has 0 aromatic heterocycles. The fraction of sp³-hybridized carbons (Fsp3) is 0.385. The summed E-state index contributed by atoms with van der Waals surface area (Å²) in [6.07, 6.45) is -9.97. The molecule has 0 radical (unpaired) electrons. The number of halogens is 6. The number of aliphatic carboxylic acids is 1. The summed E-state index contributed by atoms with van der Waals surface area (Å²) < 4.78 is 106. The van der Waals surface area contributed by atoms with Crippen LogP contribution in [-0.2, 0) is 35.3 Å². The van der Waals surface area contributed by atoms with Gasteiger partial charge in [-0.25, -0.2) is 17.9 Å². The lowest BCUT2D eigenvalue weighted by molar-refractivity contribution is -0.192. The van der Waals surface area contributed by atoms with Crippen molar-refractivity contribution in [2.45, 2.75) is 55.5 Å². The molecule has 248 valence electrons. The van der Waals surface area contributed by atoms with E-state index in [1.165, 1.54) is 37.3 Å². The molecule has 7 N–H and O–H groups in total. The van der Waals surface area contributed by atoms with Gasteiger partial charge in [-0.1, -0.05) is 6.07 Å². The van der Waals surface area contributed by atoms with Gasteiger partial charge in [0.25, 0.3) is 0 Å². The minimum absolute atomic E-state index is 0.0101. The molecule has 0 aliphatic carbocycles. The molecule has 1 aliphatic rings. The highest BCUT2D eigenvalue weighted by atomic mass is 32.2. The Hall–Kier alpha value is -4.23. The van der Waals surface area contributed by atoms with Crippen molar-refractivity contribution < 1.29 is 59.0 Å². The van der Waals surface area contributed by atoms with Crippen LogP contribution in [0.3, 0.4) is 0 Å². The third-order valence-corrected chi connectivity index (χ3v) is 7.64. The summed E-state index contributed by atoms with van der Waals surface area (Å²) in [5, 5.41) is 19.4. The van der Waals surface area contributed by atoms with Crippen LogP contribution in [0.25, 0.3) is 0 Å². The van der Waals surface area contributed by atoms with E-state index in [-0.39, 0.29) is 11.4 Å². The molecule has 2 amide bonds. The molecule has 1 atom stereocenters. The van der Waals surface area contributed by atoms with Crippen LogP contribution in [0.2, 0.25) is 0 Å². The largest absolute Gasteiger partial charge is 0.490 e. The summed E-state index contributed by atoms with van der Waals surface area (Å²) in [7, 11) is -4.48. The molecule has 2 aromatic carbocycles. The quantitative estimate of drug-likeness (QED) is 0.101. The fourth-order valence-corrected chi connectivity index (χ4v) is 5.34. The number of nitrogens with two attached hydrogens (primary N) is 1. The van der Waals surface area contributed by atoms with Gasteiger partial charge in [0.05, 0.1) is 16.5 Å². The SMILES string of the molecule is CC(NC(=O)CC(=O)Nc1ccc(C(=N)N)cc1)c1ccc(S(=O)(=O)NC2CCOCC2)c(C(F)(F)F)c1.O=C(O)C(F)(F)F. The van der Waals surface area contributed by atoms with Gasteiger partial charge in [0.1, 0.15) is 12.3 Å². The van der Waals surface area contributed by atoms with E-state index < -0.39 is 69.1 Å². The number of carbonyl (C=O) groups excluding carboxylic acids is 2. The van der Waals surface area contributed by atoms with Gasteiger partial charge in [0.15, 0.2) is 0 Å². The minimum atomic E-state index is -5.08. The Morgan fingerprint density at radius 3 is 2.07 bits per heavy atom. The number of anilines is 1. The number of hydrogen-bond acceptors (Lipinski definition) is 7. The Labute approximate surface area is 252 Å². The number of carboxylic acids is 1.